The lowest BCUT2D eigenvalue weighted by molar-refractivity contribution is -0.134. The lowest BCUT2D eigenvalue weighted by Crippen LogP contribution is -1.95. The summed E-state index contributed by atoms with van der Waals surface area (Å²) >= 11 is 5.42. The molecule has 0 spiro atoms. The average molecular weight is 233 g/mol. The normalized spacial score (nSPS) is 10.7. The van der Waals surface area contributed by atoms with E-state index >= 15 is 0 Å². The Morgan fingerprint density at radius 3 is 2.40 bits per heavy atom. The molecule has 5 heteroatoms. The summed E-state index contributed by atoms with van der Waals surface area (Å²) in [6, 6.07) is 1.92. The molecule has 0 saturated heterocycles. The molecule has 0 amide bonds. The monoisotopic (exact) mass is 232 g/mol. The Morgan fingerprint density at radius 1 is 1.40 bits per heavy atom. The number of methoxy groups -OCH3 is 1. The first-order valence-electron chi connectivity index (χ1n) is 3.95. The van der Waals surface area contributed by atoms with Gasteiger partial charge in [0.25, 0.3) is 0 Å². The van der Waals surface area contributed by atoms with E-state index in [0.717, 1.165) is 24.3 Å². The van der Waals surface area contributed by atoms with Gasteiger partial charge in [0.2, 0.25) is 0 Å². The minimum atomic E-state index is -0.833. The molecule has 0 N–H and O–H groups in total. The molecule has 80 valence electrons. The Morgan fingerprint density at radius 2 is 1.93 bits per heavy atom. The first-order chi connectivity index (χ1) is 7.04. The van der Waals surface area contributed by atoms with Crippen LogP contribution in [0.5, 0.6) is 0 Å². The average Bonchev–Trinajstić information content (AvgIpc) is 2.15. The summed E-state index contributed by atoms with van der Waals surface area (Å²) in [5.74, 6) is -2.36. The van der Waals surface area contributed by atoms with Crippen LogP contribution in [-0.4, -0.2) is 13.1 Å². The second-order valence-electron chi connectivity index (χ2n) is 2.64. The van der Waals surface area contributed by atoms with Gasteiger partial charge < -0.3 is 4.74 Å². The van der Waals surface area contributed by atoms with E-state index in [1.165, 1.54) is 7.11 Å². The van der Waals surface area contributed by atoms with Crippen LogP contribution in [0.25, 0.3) is 6.08 Å². The van der Waals surface area contributed by atoms with Crippen molar-refractivity contribution < 1.29 is 18.3 Å². The van der Waals surface area contributed by atoms with Crippen LogP contribution in [0.15, 0.2) is 18.2 Å². The van der Waals surface area contributed by atoms with Gasteiger partial charge in [-0.15, -0.1) is 0 Å². The van der Waals surface area contributed by atoms with E-state index in [-0.39, 0.29) is 10.6 Å². The number of halogens is 3. The van der Waals surface area contributed by atoms with Crippen molar-refractivity contribution in [3.05, 3.63) is 40.4 Å². The van der Waals surface area contributed by atoms with Crippen molar-refractivity contribution in [1.82, 2.24) is 0 Å². The minimum Gasteiger partial charge on any atom is -0.466 e. The fourth-order valence-corrected chi connectivity index (χ4v) is 1.12. The molecule has 0 fully saturated rings. The smallest absolute Gasteiger partial charge is 0.330 e. The number of ether oxygens (including phenoxy) is 1. The molecule has 0 aliphatic rings. The number of carbonyl (C=O) groups is 1. The number of carbonyl (C=O) groups excluding carboxylic acids is 1. The van der Waals surface area contributed by atoms with Gasteiger partial charge in [0, 0.05) is 16.7 Å². The summed E-state index contributed by atoms with van der Waals surface area (Å²) in [5, 5.41) is -0.0415. The predicted molar refractivity (Wildman–Crippen MR) is 52.4 cm³/mol. The topological polar surface area (TPSA) is 26.3 Å². The molecule has 15 heavy (non-hydrogen) atoms. The maximum atomic E-state index is 13.1. The highest BCUT2D eigenvalue weighted by molar-refractivity contribution is 6.30. The minimum absolute atomic E-state index is 0.0415. The van der Waals surface area contributed by atoms with E-state index in [1.807, 2.05) is 0 Å². The summed E-state index contributed by atoms with van der Waals surface area (Å²) < 4.78 is 30.6. The molecule has 0 unspecified atom stereocenters. The third kappa shape index (κ3) is 3.02. The van der Waals surface area contributed by atoms with E-state index in [1.54, 1.807) is 0 Å². The third-order valence-corrected chi connectivity index (χ3v) is 1.85. The molecule has 2 nitrogen and oxygen atoms in total. The van der Waals surface area contributed by atoms with Gasteiger partial charge >= 0.3 is 5.97 Å². The van der Waals surface area contributed by atoms with Crippen LogP contribution in [0.2, 0.25) is 5.02 Å². The maximum Gasteiger partial charge on any atom is 0.330 e. The highest BCUT2D eigenvalue weighted by Crippen LogP contribution is 2.19. The van der Waals surface area contributed by atoms with Crippen LogP contribution >= 0.6 is 11.6 Å². The van der Waals surface area contributed by atoms with Gasteiger partial charge in [0.15, 0.2) is 0 Å². The first kappa shape index (κ1) is 11.7. The van der Waals surface area contributed by atoms with Gasteiger partial charge in [-0.25, -0.2) is 13.6 Å². The van der Waals surface area contributed by atoms with Crippen molar-refractivity contribution in [1.29, 1.82) is 0 Å². The third-order valence-electron chi connectivity index (χ3n) is 1.63. The van der Waals surface area contributed by atoms with Crippen molar-refractivity contribution in [3.8, 4) is 0 Å². The Balaban J connectivity index is 3.05. The predicted octanol–water partition coefficient (Wildman–Crippen LogP) is 2.80. The lowest BCUT2D eigenvalue weighted by atomic mass is 10.2. The number of esters is 1. The molecule has 0 saturated carbocycles. The van der Waals surface area contributed by atoms with Crippen LogP contribution in [0.3, 0.4) is 0 Å². The highest BCUT2D eigenvalue weighted by atomic mass is 35.5. The second-order valence-corrected chi connectivity index (χ2v) is 3.08. The fraction of sp³-hybridized carbons (Fsp3) is 0.100. The molecular formula is C10H7ClF2O2. The van der Waals surface area contributed by atoms with Gasteiger partial charge in [-0.3, -0.25) is 0 Å². The lowest BCUT2D eigenvalue weighted by Gasteiger charge is -1.99. The van der Waals surface area contributed by atoms with Crippen molar-refractivity contribution in [2.24, 2.45) is 0 Å². The highest BCUT2D eigenvalue weighted by Gasteiger charge is 2.08. The van der Waals surface area contributed by atoms with Gasteiger partial charge in [0.05, 0.1) is 7.11 Å². The van der Waals surface area contributed by atoms with E-state index in [9.17, 15) is 13.6 Å². The summed E-state index contributed by atoms with van der Waals surface area (Å²) in [4.78, 5) is 10.7. The van der Waals surface area contributed by atoms with Crippen molar-refractivity contribution in [3.63, 3.8) is 0 Å². The Kier molecular flexibility index (Phi) is 3.80. The Labute approximate surface area is 90.1 Å². The molecule has 0 bridgehead atoms. The fourth-order valence-electron chi connectivity index (χ4n) is 0.932. The van der Waals surface area contributed by atoms with E-state index < -0.39 is 17.6 Å². The summed E-state index contributed by atoms with van der Waals surface area (Å²) in [7, 11) is 1.17. The second kappa shape index (κ2) is 4.89. The van der Waals surface area contributed by atoms with Crippen molar-refractivity contribution >= 4 is 23.6 Å². The summed E-state index contributed by atoms with van der Waals surface area (Å²) in [6.07, 6.45) is 1.92. The molecule has 1 rings (SSSR count). The molecule has 1 aromatic rings. The molecule has 0 atom stereocenters. The zero-order chi connectivity index (χ0) is 11.4. The zero-order valence-corrected chi connectivity index (χ0v) is 8.52. The molecule has 1 aromatic carbocycles. The van der Waals surface area contributed by atoms with Crippen molar-refractivity contribution in [2.45, 2.75) is 0 Å². The number of hydrogen-bond acceptors (Lipinski definition) is 2. The Bertz CT molecular complexity index is 393. The van der Waals surface area contributed by atoms with E-state index in [0.29, 0.717) is 0 Å². The van der Waals surface area contributed by atoms with Crippen LogP contribution in [-0.2, 0) is 9.53 Å². The first-order valence-corrected chi connectivity index (χ1v) is 4.33. The molecule has 0 heterocycles. The van der Waals surface area contributed by atoms with Gasteiger partial charge in [0.1, 0.15) is 11.6 Å². The molecular weight excluding hydrogens is 226 g/mol. The maximum absolute atomic E-state index is 13.1. The molecule has 0 aliphatic heterocycles. The summed E-state index contributed by atoms with van der Waals surface area (Å²) in [5.41, 5.74) is -0.329. The summed E-state index contributed by atoms with van der Waals surface area (Å²) in [6.45, 7) is 0. The van der Waals surface area contributed by atoms with E-state index in [4.69, 9.17) is 11.6 Å². The molecule has 0 aliphatic carbocycles. The number of hydrogen-bond donors (Lipinski definition) is 0. The Hall–Kier alpha value is -1.42. The van der Waals surface area contributed by atoms with Gasteiger partial charge in [-0.05, 0) is 18.2 Å². The van der Waals surface area contributed by atoms with Gasteiger partial charge in [-0.1, -0.05) is 11.6 Å². The molecule has 0 radical (unpaired) electrons. The largest absolute Gasteiger partial charge is 0.466 e. The number of rotatable bonds is 2. The van der Waals surface area contributed by atoms with E-state index in [2.05, 4.69) is 4.74 Å². The van der Waals surface area contributed by atoms with Crippen LogP contribution in [0.4, 0.5) is 8.78 Å². The molecule has 0 aromatic heterocycles. The zero-order valence-electron chi connectivity index (χ0n) is 7.76. The SMILES string of the molecule is COC(=O)C=Cc1c(F)cc(Cl)cc1F. The van der Waals surface area contributed by atoms with Crippen LogP contribution in [0.1, 0.15) is 5.56 Å². The van der Waals surface area contributed by atoms with Crippen LogP contribution < -0.4 is 0 Å². The number of benzene rings is 1. The standard InChI is InChI=1S/C10H7ClF2O2/c1-15-10(14)3-2-7-8(12)4-6(11)5-9(7)13/h2-5H,1H3. The van der Waals surface area contributed by atoms with Crippen LogP contribution in [0, 0.1) is 11.6 Å². The van der Waals surface area contributed by atoms with Crippen molar-refractivity contribution in [2.75, 3.05) is 7.11 Å². The quantitative estimate of drug-likeness (QED) is 0.579. The van der Waals surface area contributed by atoms with Gasteiger partial charge in [-0.2, -0.15) is 0 Å².